The summed E-state index contributed by atoms with van der Waals surface area (Å²) in [7, 11) is 0. The number of benzene rings is 1. The minimum Gasteiger partial charge on any atom is -0.192 e. The summed E-state index contributed by atoms with van der Waals surface area (Å²) in [6.45, 7) is 2.21. The summed E-state index contributed by atoms with van der Waals surface area (Å²) in [6.07, 6.45) is 8.85. The lowest BCUT2D eigenvalue weighted by atomic mass is 9.79. The van der Waals surface area contributed by atoms with Crippen LogP contribution in [0.15, 0.2) is 18.2 Å². The van der Waals surface area contributed by atoms with Crippen LogP contribution in [0, 0.1) is 11.3 Å². The summed E-state index contributed by atoms with van der Waals surface area (Å²) >= 11 is 0. The topological polar surface area (TPSA) is 23.8 Å². The van der Waals surface area contributed by atoms with Crippen LogP contribution in [-0.4, -0.2) is 0 Å². The minimum atomic E-state index is 0.640. The maximum absolute atomic E-state index is 9.29. The van der Waals surface area contributed by atoms with Gasteiger partial charge in [0.25, 0.3) is 0 Å². The Morgan fingerprint density at radius 3 is 2.65 bits per heavy atom. The quantitative estimate of drug-likeness (QED) is 0.742. The number of aryl methyl sites for hydroxylation is 1. The molecule has 0 aromatic heterocycles. The first-order valence-electron chi connectivity index (χ1n) is 6.88. The second-order valence-electron chi connectivity index (χ2n) is 5.08. The highest BCUT2D eigenvalue weighted by molar-refractivity contribution is 5.45. The van der Waals surface area contributed by atoms with Gasteiger partial charge in [-0.3, -0.25) is 0 Å². The maximum Gasteiger partial charge on any atom is 0.0994 e. The molecule has 1 aromatic carbocycles. The predicted molar refractivity (Wildman–Crippen MR) is 71.0 cm³/mol. The van der Waals surface area contributed by atoms with E-state index in [2.05, 4.69) is 19.1 Å². The van der Waals surface area contributed by atoms with E-state index >= 15 is 0 Å². The van der Waals surface area contributed by atoms with Crippen molar-refractivity contribution >= 4 is 0 Å². The van der Waals surface area contributed by atoms with E-state index in [-0.39, 0.29) is 0 Å². The SMILES string of the molecule is CCCc1cccc(C#N)c1C1CCCCC1. The monoisotopic (exact) mass is 227 g/mol. The lowest BCUT2D eigenvalue weighted by molar-refractivity contribution is 0.441. The zero-order valence-electron chi connectivity index (χ0n) is 10.7. The summed E-state index contributed by atoms with van der Waals surface area (Å²) in [4.78, 5) is 0. The van der Waals surface area contributed by atoms with Crippen molar-refractivity contribution in [2.75, 3.05) is 0 Å². The Hall–Kier alpha value is -1.29. The van der Waals surface area contributed by atoms with Crippen LogP contribution in [-0.2, 0) is 6.42 Å². The zero-order valence-corrected chi connectivity index (χ0v) is 10.7. The van der Waals surface area contributed by atoms with Gasteiger partial charge < -0.3 is 0 Å². The van der Waals surface area contributed by atoms with E-state index in [0.717, 1.165) is 18.4 Å². The van der Waals surface area contributed by atoms with Crippen molar-refractivity contribution in [1.29, 1.82) is 5.26 Å². The van der Waals surface area contributed by atoms with E-state index < -0.39 is 0 Å². The lowest BCUT2D eigenvalue weighted by Gasteiger charge is -2.25. The summed E-state index contributed by atoms with van der Waals surface area (Å²) in [5.41, 5.74) is 3.71. The standard InChI is InChI=1S/C16H21N/c1-2-7-13-10-6-11-15(12-17)16(13)14-8-4-3-5-9-14/h6,10-11,14H,2-5,7-9H2,1H3. The van der Waals surface area contributed by atoms with Crippen LogP contribution in [0.25, 0.3) is 0 Å². The molecule has 0 unspecified atom stereocenters. The third kappa shape index (κ3) is 2.69. The molecule has 0 N–H and O–H groups in total. The van der Waals surface area contributed by atoms with Crippen LogP contribution >= 0.6 is 0 Å². The van der Waals surface area contributed by atoms with Gasteiger partial charge in [0.1, 0.15) is 0 Å². The second kappa shape index (κ2) is 5.87. The molecule has 0 aliphatic heterocycles. The van der Waals surface area contributed by atoms with Gasteiger partial charge in [-0.1, -0.05) is 44.7 Å². The number of nitrogens with zero attached hydrogens (tertiary/aromatic N) is 1. The van der Waals surface area contributed by atoms with Crippen LogP contribution in [0.4, 0.5) is 0 Å². The van der Waals surface area contributed by atoms with Crippen molar-refractivity contribution in [1.82, 2.24) is 0 Å². The van der Waals surface area contributed by atoms with Gasteiger partial charge in [0.05, 0.1) is 11.6 Å². The predicted octanol–water partition coefficient (Wildman–Crippen LogP) is 4.56. The van der Waals surface area contributed by atoms with Crippen molar-refractivity contribution in [3.63, 3.8) is 0 Å². The minimum absolute atomic E-state index is 0.640. The zero-order chi connectivity index (χ0) is 12.1. The largest absolute Gasteiger partial charge is 0.192 e. The molecule has 17 heavy (non-hydrogen) atoms. The van der Waals surface area contributed by atoms with E-state index in [9.17, 15) is 5.26 Å². The van der Waals surface area contributed by atoms with E-state index in [0.29, 0.717) is 5.92 Å². The molecule has 90 valence electrons. The summed E-state index contributed by atoms with van der Waals surface area (Å²) in [5.74, 6) is 0.640. The van der Waals surface area contributed by atoms with Gasteiger partial charge >= 0.3 is 0 Å². The van der Waals surface area contributed by atoms with Gasteiger partial charge in [-0.25, -0.2) is 0 Å². The highest BCUT2D eigenvalue weighted by Gasteiger charge is 2.20. The van der Waals surface area contributed by atoms with Crippen LogP contribution in [0.1, 0.15) is 68.1 Å². The Balaban J connectivity index is 2.37. The first-order valence-corrected chi connectivity index (χ1v) is 6.88. The molecule has 1 aliphatic rings. The molecule has 1 heteroatoms. The Morgan fingerprint density at radius 2 is 2.00 bits per heavy atom. The Bertz CT molecular complexity index is 408. The molecular weight excluding hydrogens is 206 g/mol. The van der Waals surface area contributed by atoms with Crippen molar-refractivity contribution in [3.05, 3.63) is 34.9 Å². The molecule has 0 radical (unpaired) electrons. The average Bonchev–Trinajstić information content (AvgIpc) is 2.40. The highest BCUT2D eigenvalue weighted by Crippen LogP contribution is 2.36. The van der Waals surface area contributed by atoms with Crippen LogP contribution in [0.2, 0.25) is 0 Å². The molecule has 1 aliphatic carbocycles. The molecule has 1 fully saturated rings. The summed E-state index contributed by atoms with van der Waals surface area (Å²) in [6, 6.07) is 8.63. The second-order valence-corrected chi connectivity index (χ2v) is 5.08. The van der Waals surface area contributed by atoms with Gasteiger partial charge in [0.15, 0.2) is 0 Å². The number of nitriles is 1. The first kappa shape index (κ1) is 12.2. The molecular formula is C16H21N. The maximum atomic E-state index is 9.29. The Kier molecular flexibility index (Phi) is 4.20. The molecule has 1 saturated carbocycles. The summed E-state index contributed by atoms with van der Waals surface area (Å²) < 4.78 is 0. The van der Waals surface area contributed by atoms with Crippen molar-refractivity contribution in [3.8, 4) is 6.07 Å². The highest BCUT2D eigenvalue weighted by atomic mass is 14.3. The van der Waals surface area contributed by atoms with E-state index in [1.807, 2.05) is 12.1 Å². The van der Waals surface area contributed by atoms with Crippen molar-refractivity contribution in [2.45, 2.75) is 57.8 Å². The molecule has 2 rings (SSSR count). The van der Waals surface area contributed by atoms with Crippen LogP contribution in [0.3, 0.4) is 0 Å². The van der Waals surface area contributed by atoms with E-state index in [4.69, 9.17) is 0 Å². The van der Waals surface area contributed by atoms with Crippen LogP contribution < -0.4 is 0 Å². The third-order valence-corrected chi connectivity index (χ3v) is 3.85. The number of hydrogen-bond acceptors (Lipinski definition) is 1. The van der Waals surface area contributed by atoms with Gasteiger partial charge in [0, 0.05) is 0 Å². The fraction of sp³-hybridized carbons (Fsp3) is 0.562. The van der Waals surface area contributed by atoms with E-state index in [1.165, 1.54) is 43.2 Å². The number of rotatable bonds is 3. The third-order valence-electron chi connectivity index (χ3n) is 3.85. The van der Waals surface area contributed by atoms with Crippen molar-refractivity contribution in [2.24, 2.45) is 0 Å². The van der Waals surface area contributed by atoms with Gasteiger partial charge in [-0.15, -0.1) is 0 Å². The fourth-order valence-corrected chi connectivity index (χ4v) is 3.07. The first-order chi connectivity index (χ1) is 8.36. The molecule has 1 nitrogen and oxygen atoms in total. The normalized spacial score (nSPS) is 16.7. The Morgan fingerprint density at radius 1 is 1.24 bits per heavy atom. The lowest BCUT2D eigenvalue weighted by Crippen LogP contribution is -2.09. The summed E-state index contributed by atoms with van der Waals surface area (Å²) in [5, 5.41) is 9.29. The average molecular weight is 227 g/mol. The molecule has 0 saturated heterocycles. The van der Waals surface area contributed by atoms with Gasteiger partial charge in [-0.2, -0.15) is 5.26 Å². The fourth-order valence-electron chi connectivity index (χ4n) is 3.07. The van der Waals surface area contributed by atoms with Gasteiger partial charge in [0.2, 0.25) is 0 Å². The molecule has 1 aromatic rings. The van der Waals surface area contributed by atoms with Gasteiger partial charge in [-0.05, 0) is 42.4 Å². The molecule has 0 spiro atoms. The molecule has 0 heterocycles. The molecule has 0 atom stereocenters. The molecule has 0 amide bonds. The smallest absolute Gasteiger partial charge is 0.0994 e. The number of hydrogen-bond donors (Lipinski definition) is 0. The van der Waals surface area contributed by atoms with E-state index in [1.54, 1.807) is 0 Å². The Labute approximate surface area is 104 Å². The molecule has 0 bridgehead atoms. The van der Waals surface area contributed by atoms with Crippen molar-refractivity contribution < 1.29 is 0 Å². The van der Waals surface area contributed by atoms with Crippen LogP contribution in [0.5, 0.6) is 0 Å².